The van der Waals surface area contributed by atoms with Gasteiger partial charge in [0.15, 0.2) is 0 Å². The molecule has 1 aromatic carbocycles. The van der Waals surface area contributed by atoms with Gasteiger partial charge in [-0.1, -0.05) is 12.1 Å². The molecule has 1 aliphatic heterocycles. The highest BCUT2D eigenvalue weighted by molar-refractivity contribution is 7.03. The highest BCUT2D eigenvalue weighted by Crippen LogP contribution is 2.09. The minimum Gasteiger partial charge on any atom is -0.336 e. The number of aromatic nitrogens is 2. The molecule has 24 heavy (non-hydrogen) atoms. The van der Waals surface area contributed by atoms with Gasteiger partial charge in [0.1, 0.15) is 0 Å². The number of rotatable bonds is 4. The lowest BCUT2D eigenvalue weighted by Crippen LogP contribution is -2.46. The van der Waals surface area contributed by atoms with Crippen molar-refractivity contribution < 1.29 is 4.79 Å². The van der Waals surface area contributed by atoms with Crippen molar-refractivity contribution in [3.63, 3.8) is 0 Å². The summed E-state index contributed by atoms with van der Waals surface area (Å²) in [6.07, 6.45) is 0. The largest absolute Gasteiger partial charge is 0.341 e. The quantitative estimate of drug-likeness (QED) is 0.856. The fourth-order valence-corrected chi connectivity index (χ4v) is 3.45. The molecule has 1 fully saturated rings. The highest BCUT2D eigenvalue weighted by atomic mass is 32.1. The van der Waals surface area contributed by atoms with Crippen LogP contribution >= 0.6 is 11.5 Å². The topological polar surface area (TPSA) is 76.3 Å². The number of nitrogens with one attached hydrogen (secondary N) is 1. The van der Waals surface area contributed by atoms with E-state index in [0.717, 1.165) is 30.2 Å². The van der Waals surface area contributed by atoms with Crippen LogP contribution in [-0.2, 0) is 13.1 Å². The Morgan fingerprint density at radius 1 is 1.17 bits per heavy atom. The summed E-state index contributed by atoms with van der Waals surface area (Å²) in [5.41, 5.74) is 1.17. The number of carbonyl (C=O) groups excluding carboxylic acids is 1. The van der Waals surface area contributed by atoms with E-state index in [2.05, 4.69) is 5.32 Å². The second-order valence-corrected chi connectivity index (χ2v) is 6.63. The van der Waals surface area contributed by atoms with Crippen molar-refractivity contribution in [3.05, 3.63) is 55.5 Å². The van der Waals surface area contributed by atoms with E-state index in [0.29, 0.717) is 25.2 Å². The van der Waals surface area contributed by atoms with Crippen LogP contribution in [0.2, 0.25) is 0 Å². The summed E-state index contributed by atoms with van der Waals surface area (Å²) >= 11 is 0.932. The average molecular weight is 348 g/mol. The predicted molar refractivity (Wildman–Crippen MR) is 92.8 cm³/mol. The lowest BCUT2D eigenvalue weighted by Gasteiger charge is -2.27. The molecule has 0 bridgehead atoms. The van der Waals surface area contributed by atoms with Gasteiger partial charge in [-0.2, -0.15) is 0 Å². The summed E-state index contributed by atoms with van der Waals surface area (Å²) in [4.78, 5) is 38.0. The van der Waals surface area contributed by atoms with Crippen LogP contribution in [0.25, 0.3) is 0 Å². The van der Waals surface area contributed by atoms with Gasteiger partial charge in [-0.3, -0.25) is 9.59 Å². The Morgan fingerprint density at radius 2 is 1.83 bits per heavy atom. The van der Waals surface area contributed by atoms with Gasteiger partial charge in [-0.15, -0.1) is 0 Å². The summed E-state index contributed by atoms with van der Waals surface area (Å²) in [5, 5.41) is 3.22. The van der Waals surface area contributed by atoms with Crippen molar-refractivity contribution in [1.82, 2.24) is 18.7 Å². The summed E-state index contributed by atoms with van der Waals surface area (Å²) < 4.78 is 2.66. The molecule has 0 atom stereocenters. The molecular formula is C16H20N4O3S. The molecule has 7 nitrogen and oxygen atoms in total. The molecule has 128 valence electrons. The molecule has 1 amide bonds. The zero-order valence-corrected chi connectivity index (χ0v) is 14.3. The number of carbonyl (C=O) groups is 1. The molecule has 8 heteroatoms. The van der Waals surface area contributed by atoms with Crippen LogP contribution in [0.1, 0.15) is 22.8 Å². The first-order valence-electron chi connectivity index (χ1n) is 8.00. The van der Waals surface area contributed by atoms with E-state index < -0.39 is 0 Å². The maximum Gasteiger partial charge on any atom is 0.341 e. The van der Waals surface area contributed by atoms with Crippen molar-refractivity contribution >= 4 is 17.4 Å². The molecule has 1 aromatic heterocycles. The smallest absolute Gasteiger partial charge is 0.336 e. The lowest BCUT2D eigenvalue weighted by atomic mass is 10.1. The molecule has 1 N–H and O–H groups in total. The molecular weight excluding hydrogens is 328 g/mol. The molecule has 0 saturated carbocycles. The van der Waals surface area contributed by atoms with Crippen LogP contribution in [0.15, 0.2) is 33.9 Å². The van der Waals surface area contributed by atoms with Gasteiger partial charge in [0.25, 0.3) is 5.91 Å². The molecule has 1 aliphatic rings. The molecule has 1 saturated heterocycles. The third-order valence-electron chi connectivity index (χ3n) is 4.09. The molecule has 0 spiro atoms. The average Bonchev–Trinajstić information content (AvgIpc) is 2.90. The van der Waals surface area contributed by atoms with Gasteiger partial charge in [-0.25, -0.2) is 13.3 Å². The van der Waals surface area contributed by atoms with Crippen LogP contribution in [0.5, 0.6) is 0 Å². The Morgan fingerprint density at radius 3 is 2.42 bits per heavy atom. The number of aryl methyl sites for hydroxylation is 1. The molecule has 0 aliphatic carbocycles. The van der Waals surface area contributed by atoms with Gasteiger partial charge in [0.05, 0.1) is 6.54 Å². The molecule has 2 heterocycles. The molecule has 2 aromatic rings. The van der Waals surface area contributed by atoms with Crippen LogP contribution in [0.4, 0.5) is 0 Å². The van der Waals surface area contributed by atoms with E-state index in [-0.39, 0.29) is 23.0 Å². The fraction of sp³-hybridized carbons (Fsp3) is 0.438. The zero-order valence-electron chi connectivity index (χ0n) is 13.5. The normalized spacial score (nSPS) is 14.8. The van der Waals surface area contributed by atoms with Crippen molar-refractivity contribution in [2.45, 2.75) is 20.0 Å². The minimum atomic E-state index is -0.284. The van der Waals surface area contributed by atoms with Crippen molar-refractivity contribution in [1.29, 1.82) is 0 Å². The first-order valence-corrected chi connectivity index (χ1v) is 8.77. The zero-order chi connectivity index (χ0) is 17.1. The van der Waals surface area contributed by atoms with Crippen LogP contribution < -0.4 is 15.9 Å². The van der Waals surface area contributed by atoms with E-state index in [1.165, 1.54) is 8.52 Å². The number of amides is 1. The first-order chi connectivity index (χ1) is 11.6. The Kier molecular flexibility index (Phi) is 4.96. The first kappa shape index (κ1) is 16.7. The van der Waals surface area contributed by atoms with Gasteiger partial charge in [0, 0.05) is 49.8 Å². The van der Waals surface area contributed by atoms with Gasteiger partial charge in [-0.05, 0) is 24.6 Å². The maximum atomic E-state index is 12.4. The Labute approximate surface area is 143 Å². The Bertz CT molecular complexity index is 828. The van der Waals surface area contributed by atoms with Crippen molar-refractivity contribution in [2.24, 2.45) is 0 Å². The summed E-state index contributed by atoms with van der Waals surface area (Å²) in [6, 6.07) is 7.12. The van der Waals surface area contributed by atoms with E-state index in [1.807, 2.05) is 11.8 Å². The van der Waals surface area contributed by atoms with Crippen LogP contribution in [0.3, 0.4) is 0 Å². The molecule has 0 unspecified atom stereocenters. The van der Waals surface area contributed by atoms with E-state index in [9.17, 15) is 14.4 Å². The number of hydrogen-bond donors (Lipinski definition) is 1. The summed E-state index contributed by atoms with van der Waals surface area (Å²) in [5.74, 6) is 0.0177. The number of nitrogens with zero attached hydrogens (tertiary/aromatic N) is 3. The maximum absolute atomic E-state index is 12.4. The number of piperazine rings is 1. The third kappa shape index (κ3) is 3.34. The standard InChI is InChI=1S/C16H20N4O3S/c1-2-20-15(22)19(16(23)24-20)11-12-3-5-13(6-4-12)14(21)18-9-7-17-8-10-18/h3-6,17H,2,7-11H2,1H3. The monoisotopic (exact) mass is 348 g/mol. The minimum absolute atomic E-state index is 0.0177. The summed E-state index contributed by atoms with van der Waals surface area (Å²) in [6.45, 7) is 5.59. The van der Waals surface area contributed by atoms with Crippen molar-refractivity contribution in [3.8, 4) is 0 Å². The van der Waals surface area contributed by atoms with Crippen LogP contribution in [0, 0.1) is 0 Å². The van der Waals surface area contributed by atoms with Gasteiger partial charge < -0.3 is 10.2 Å². The summed E-state index contributed by atoms with van der Waals surface area (Å²) in [7, 11) is 0. The Balaban J connectivity index is 1.75. The Hall–Kier alpha value is -2.19. The number of hydrogen-bond acceptors (Lipinski definition) is 5. The SMILES string of the molecule is CCn1sc(=O)n(Cc2ccc(C(=O)N3CCNCC3)cc2)c1=O. The van der Waals surface area contributed by atoms with Gasteiger partial charge in [0.2, 0.25) is 0 Å². The molecule has 3 rings (SSSR count). The second kappa shape index (κ2) is 7.14. The van der Waals surface area contributed by atoms with Gasteiger partial charge >= 0.3 is 10.6 Å². The molecule has 0 radical (unpaired) electrons. The number of benzene rings is 1. The second-order valence-electron chi connectivity index (χ2n) is 5.66. The predicted octanol–water partition coefficient (Wildman–Crippen LogP) is 0.185. The van der Waals surface area contributed by atoms with Crippen molar-refractivity contribution in [2.75, 3.05) is 26.2 Å². The third-order valence-corrected chi connectivity index (χ3v) is 5.10. The lowest BCUT2D eigenvalue weighted by molar-refractivity contribution is 0.0736. The van der Waals surface area contributed by atoms with E-state index in [4.69, 9.17) is 0 Å². The van der Waals surface area contributed by atoms with Crippen LogP contribution in [-0.4, -0.2) is 45.5 Å². The highest BCUT2D eigenvalue weighted by Gasteiger charge is 2.17. The van der Waals surface area contributed by atoms with E-state index >= 15 is 0 Å². The fourth-order valence-electron chi connectivity index (χ4n) is 2.71. The van der Waals surface area contributed by atoms with E-state index in [1.54, 1.807) is 24.3 Å².